The molecule has 8 heteroatoms. The summed E-state index contributed by atoms with van der Waals surface area (Å²) >= 11 is 3.20. The average Bonchev–Trinajstić information content (AvgIpc) is 2.59. The van der Waals surface area contributed by atoms with Gasteiger partial charge in [0.05, 0.1) is 17.9 Å². The van der Waals surface area contributed by atoms with Crippen LogP contribution >= 0.6 is 15.9 Å². The molecule has 0 saturated carbocycles. The zero-order valence-corrected chi connectivity index (χ0v) is 11.7. The molecular weight excluding hydrogens is 324 g/mol. The number of benzene rings is 1. The van der Waals surface area contributed by atoms with Crippen LogP contribution < -0.4 is 5.73 Å². The van der Waals surface area contributed by atoms with Gasteiger partial charge in [0.25, 0.3) is 0 Å². The van der Waals surface area contributed by atoms with E-state index in [1.165, 1.54) is 12.1 Å². The van der Waals surface area contributed by atoms with Crippen LogP contribution in [-0.2, 0) is 10.0 Å². The van der Waals surface area contributed by atoms with Crippen LogP contribution in [-0.4, -0.2) is 48.2 Å². The Balaban J connectivity index is 2.37. The molecule has 4 N–H and O–H groups in total. The average molecular weight is 337 g/mol. The second-order valence-electron chi connectivity index (χ2n) is 4.14. The molecule has 1 heterocycles. The van der Waals surface area contributed by atoms with Gasteiger partial charge >= 0.3 is 0 Å². The fourth-order valence-electron chi connectivity index (χ4n) is 1.82. The predicted molar refractivity (Wildman–Crippen MR) is 69.3 cm³/mol. The Bertz CT molecular complexity index is 553. The molecular formula is C10H13BrN2O4S. The summed E-state index contributed by atoms with van der Waals surface area (Å²) in [6.45, 7) is -0.252. The molecule has 1 aromatic rings. The zero-order chi connectivity index (χ0) is 13.5. The molecule has 0 bridgehead atoms. The summed E-state index contributed by atoms with van der Waals surface area (Å²) in [5, 5.41) is 18.8. The van der Waals surface area contributed by atoms with Gasteiger partial charge in [-0.3, -0.25) is 0 Å². The fraction of sp³-hybridized carbons (Fsp3) is 0.400. The summed E-state index contributed by atoms with van der Waals surface area (Å²) in [6.07, 6.45) is -2.12. The van der Waals surface area contributed by atoms with E-state index in [1.54, 1.807) is 6.07 Å². The number of hydrogen-bond donors (Lipinski definition) is 3. The molecule has 18 heavy (non-hydrogen) atoms. The van der Waals surface area contributed by atoms with Gasteiger partial charge in [-0.05, 0) is 18.2 Å². The molecule has 0 radical (unpaired) electrons. The highest BCUT2D eigenvalue weighted by molar-refractivity contribution is 9.10. The van der Waals surface area contributed by atoms with Crippen LogP contribution in [0.4, 0.5) is 5.69 Å². The minimum Gasteiger partial charge on any atom is -0.398 e. The van der Waals surface area contributed by atoms with Crippen molar-refractivity contribution in [1.29, 1.82) is 0 Å². The minimum atomic E-state index is -3.78. The molecule has 1 aliphatic heterocycles. The van der Waals surface area contributed by atoms with Gasteiger partial charge in [-0.2, -0.15) is 4.31 Å². The van der Waals surface area contributed by atoms with Crippen molar-refractivity contribution in [2.45, 2.75) is 17.1 Å². The van der Waals surface area contributed by atoms with Gasteiger partial charge in [0.15, 0.2) is 0 Å². The van der Waals surface area contributed by atoms with Crippen LogP contribution in [0.25, 0.3) is 0 Å². The first-order chi connectivity index (χ1) is 8.32. The van der Waals surface area contributed by atoms with Gasteiger partial charge in [-0.25, -0.2) is 8.42 Å². The Kier molecular flexibility index (Phi) is 3.65. The van der Waals surface area contributed by atoms with Crippen molar-refractivity contribution < 1.29 is 18.6 Å². The summed E-state index contributed by atoms with van der Waals surface area (Å²) < 4.78 is 26.2. The lowest BCUT2D eigenvalue weighted by Gasteiger charge is -2.17. The third kappa shape index (κ3) is 2.39. The summed E-state index contributed by atoms with van der Waals surface area (Å²) in [6, 6.07) is 4.47. The van der Waals surface area contributed by atoms with Crippen LogP contribution in [0, 0.1) is 0 Å². The van der Waals surface area contributed by atoms with Gasteiger partial charge in [-0.15, -0.1) is 0 Å². The van der Waals surface area contributed by atoms with E-state index in [-0.39, 0.29) is 23.7 Å². The van der Waals surface area contributed by atoms with Crippen molar-refractivity contribution in [2.75, 3.05) is 18.8 Å². The highest BCUT2D eigenvalue weighted by Crippen LogP contribution is 2.27. The summed E-state index contributed by atoms with van der Waals surface area (Å²) in [4.78, 5) is -0.0213. The highest BCUT2D eigenvalue weighted by atomic mass is 79.9. The fourth-order valence-corrected chi connectivity index (χ4v) is 3.78. The smallest absolute Gasteiger partial charge is 0.245 e. The van der Waals surface area contributed by atoms with Crippen LogP contribution in [0.5, 0.6) is 0 Å². The number of anilines is 1. The molecule has 2 unspecified atom stereocenters. The van der Waals surface area contributed by atoms with Crippen molar-refractivity contribution in [1.82, 2.24) is 4.31 Å². The molecule has 0 aliphatic carbocycles. The first-order valence-electron chi connectivity index (χ1n) is 5.23. The first-order valence-corrected chi connectivity index (χ1v) is 7.47. The number of nitrogens with two attached hydrogens (primary N) is 1. The Labute approximate surface area is 113 Å². The number of aliphatic hydroxyl groups excluding tert-OH is 2. The third-order valence-electron chi connectivity index (χ3n) is 2.82. The summed E-state index contributed by atoms with van der Waals surface area (Å²) in [5.41, 5.74) is 5.81. The third-order valence-corrected chi connectivity index (χ3v) is 5.21. The molecule has 1 saturated heterocycles. The number of nitrogen functional groups attached to an aromatic ring is 1. The number of halogens is 1. The van der Waals surface area contributed by atoms with Crippen LogP contribution in [0.3, 0.4) is 0 Å². The van der Waals surface area contributed by atoms with Gasteiger partial charge in [0.2, 0.25) is 10.0 Å². The molecule has 1 fully saturated rings. The number of hydrogen-bond acceptors (Lipinski definition) is 5. The summed E-state index contributed by atoms with van der Waals surface area (Å²) in [7, 11) is -3.78. The topological polar surface area (TPSA) is 104 Å². The molecule has 2 atom stereocenters. The highest BCUT2D eigenvalue weighted by Gasteiger charge is 2.38. The van der Waals surface area contributed by atoms with Crippen molar-refractivity contribution in [3.63, 3.8) is 0 Å². The molecule has 0 amide bonds. The molecule has 100 valence electrons. The lowest BCUT2D eigenvalue weighted by atomic mass is 10.3. The number of nitrogens with zero attached hydrogens (tertiary/aromatic N) is 1. The summed E-state index contributed by atoms with van der Waals surface area (Å²) in [5.74, 6) is 0. The largest absolute Gasteiger partial charge is 0.398 e. The van der Waals surface area contributed by atoms with E-state index in [9.17, 15) is 18.6 Å². The van der Waals surface area contributed by atoms with Crippen molar-refractivity contribution in [2.24, 2.45) is 0 Å². The van der Waals surface area contributed by atoms with E-state index in [0.717, 1.165) is 4.31 Å². The van der Waals surface area contributed by atoms with E-state index in [0.29, 0.717) is 4.47 Å². The molecule has 1 aromatic carbocycles. The zero-order valence-electron chi connectivity index (χ0n) is 9.32. The van der Waals surface area contributed by atoms with Crippen LogP contribution in [0.15, 0.2) is 27.6 Å². The molecule has 0 spiro atoms. The first kappa shape index (κ1) is 13.8. The predicted octanol–water partition coefficient (Wildman–Crippen LogP) is -0.243. The van der Waals surface area contributed by atoms with E-state index >= 15 is 0 Å². The number of aliphatic hydroxyl groups is 2. The Morgan fingerprint density at radius 2 is 1.83 bits per heavy atom. The van der Waals surface area contributed by atoms with E-state index < -0.39 is 22.2 Å². The van der Waals surface area contributed by atoms with E-state index in [4.69, 9.17) is 5.73 Å². The number of β-amino-alcohol motifs (C(OH)–C–C–N with tert-alkyl or cyclic N) is 2. The Morgan fingerprint density at radius 3 is 2.33 bits per heavy atom. The maximum Gasteiger partial charge on any atom is 0.245 e. The van der Waals surface area contributed by atoms with Crippen molar-refractivity contribution >= 4 is 31.6 Å². The monoisotopic (exact) mass is 336 g/mol. The maximum atomic E-state index is 12.3. The standard InChI is InChI=1S/C10H13BrN2O4S/c11-6-1-2-10(7(12)3-6)18(16,17)13-4-8(14)9(15)5-13/h1-3,8-9,14-15H,4-5,12H2. The Morgan fingerprint density at radius 1 is 1.28 bits per heavy atom. The minimum absolute atomic E-state index is 0.0213. The van der Waals surface area contributed by atoms with Gasteiger partial charge in [-0.1, -0.05) is 15.9 Å². The lowest BCUT2D eigenvalue weighted by molar-refractivity contribution is 0.0572. The number of sulfonamides is 1. The Hall–Kier alpha value is -0.670. The van der Waals surface area contributed by atoms with Crippen LogP contribution in [0.2, 0.25) is 0 Å². The van der Waals surface area contributed by atoms with E-state index in [2.05, 4.69) is 15.9 Å². The van der Waals surface area contributed by atoms with Crippen molar-refractivity contribution in [3.05, 3.63) is 22.7 Å². The van der Waals surface area contributed by atoms with Gasteiger partial charge in [0, 0.05) is 17.6 Å². The quantitative estimate of drug-likeness (QED) is 0.646. The van der Waals surface area contributed by atoms with Crippen LogP contribution in [0.1, 0.15) is 0 Å². The molecule has 0 aromatic heterocycles. The molecule has 2 rings (SSSR count). The van der Waals surface area contributed by atoms with Gasteiger partial charge < -0.3 is 15.9 Å². The maximum absolute atomic E-state index is 12.3. The molecule has 6 nitrogen and oxygen atoms in total. The second kappa shape index (κ2) is 4.78. The van der Waals surface area contributed by atoms with Crippen molar-refractivity contribution in [3.8, 4) is 0 Å². The second-order valence-corrected chi connectivity index (χ2v) is 6.96. The lowest BCUT2D eigenvalue weighted by Crippen LogP contribution is -2.30. The number of rotatable bonds is 2. The van der Waals surface area contributed by atoms with E-state index in [1.807, 2.05) is 0 Å². The normalized spacial score (nSPS) is 25.5. The van der Waals surface area contributed by atoms with Gasteiger partial charge in [0.1, 0.15) is 4.90 Å². The SMILES string of the molecule is Nc1cc(Br)ccc1S(=O)(=O)N1CC(O)C(O)C1. The molecule has 1 aliphatic rings.